The summed E-state index contributed by atoms with van der Waals surface area (Å²) in [7, 11) is 0. The van der Waals surface area contributed by atoms with Gasteiger partial charge in [0.1, 0.15) is 16.9 Å². The molecule has 3 aromatic heterocycles. The molecule has 2 aromatic carbocycles. The van der Waals surface area contributed by atoms with Gasteiger partial charge in [0.25, 0.3) is 0 Å². The van der Waals surface area contributed by atoms with E-state index in [2.05, 4.69) is 35.8 Å². The average molecular weight is 412 g/mol. The normalized spacial score (nSPS) is 12.6. The maximum absolute atomic E-state index is 11.8. The summed E-state index contributed by atoms with van der Waals surface area (Å²) in [6.45, 7) is 5.57. The van der Waals surface area contributed by atoms with E-state index in [-0.39, 0.29) is 12.0 Å². The highest BCUT2D eigenvalue weighted by atomic mass is 16.5. The van der Waals surface area contributed by atoms with Gasteiger partial charge in [-0.15, -0.1) is 0 Å². The Labute approximate surface area is 180 Å². The van der Waals surface area contributed by atoms with Crippen molar-refractivity contribution in [1.82, 2.24) is 18.9 Å². The summed E-state index contributed by atoms with van der Waals surface area (Å²) in [5, 5.41) is 0.767. The van der Waals surface area contributed by atoms with Crippen LogP contribution < -0.4 is 4.74 Å². The molecule has 156 valence electrons. The molecule has 0 fully saturated rings. The summed E-state index contributed by atoms with van der Waals surface area (Å²) in [4.78, 5) is 21.6. The van der Waals surface area contributed by atoms with Crippen molar-refractivity contribution < 1.29 is 9.53 Å². The molecule has 0 saturated heterocycles. The zero-order valence-electron chi connectivity index (χ0n) is 17.9. The Bertz CT molecular complexity index is 1420. The van der Waals surface area contributed by atoms with Crippen LogP contribution in [0.25, 0.3) is 27.7 Å². The van der Waals surface area contributed by atoms with Crippen molar-refractivity contribution >= 4 is 33.7 Å². The van der Waals surface area contributed by atoms with Crippen molar-refractivity contribution in [3.05, 3.63) is 72.2 Å². The Morgan fingerprint density at radius 2 is 1.77 bits per heavy atom. The van der Waals surface area contributed by atoms with Gasteiger partial charge in [-0.1, -0.05) is 42.5 Å². The third-order valence-electron chi connectivity index (χ3n) is 5.77. The summed E-state index contributed by atoms with van der Waals surface area (Å²) in [5.41, 5.74) is 4.73. The topological polar surface area (TPSA) is 61.4 Å². The average Bonchev–Trinajstić information content (AvgIpc) is 3.31. The lowest BCUT2D eigenvalue weighted by Crippen LogP contribution is -2.07. The molecule has 1 unspecified atom stereocenters. The Kier molecular flexibility index (Phi) is 4.70. The number of benzene rings is 2. The van der Waals surface area contributed by atoms with E-state index in [1.807, 2.05) is 47.9 Å². The predicted octanol–water partition coefficient (Wildman–Crippen LogP) is 5.26. The van der Waals surface area contributed by atoms with Crippen molar-refractivity contribution in [1.29, 1.82) is 0 Å². The van der Waals surface area contributed by atoms with Crippen molar-refractivity contribution in [2.75, 3.05) is 0 Å². The Hall–Kier alpha value is -3.67. The number of carbonyl (C=O) groups is 1. The fourth-order valence-electron chi connectivity index (χ4n) is 4.27. The molecule has 0 radical (unpaired) electrons. The molecule has 1 atom stereocenters. The fourth-order valence-corrected chi connectivity index (χ4v) is 4.27. The molecular formula is C25H24N4O2. The maximum Gasteiger partial charge on any atom is 0.308 e. The summed E-state index contributed by atoms with van der Waals surface area (Å²) < 4.78 is 9.76. The highest BCUT2D eigenvalue weighted by Gasteiger charge is 2.22. The second kappa shape index (κ2) is 7.54. The monoisotopic (exact) mass is 412 g/mol. The number of para-hydroxylation sites is 2. The minimum Gasteiger partial charge on any atom is -0.424 e. The molecule has 6 nitrogen and oxygen atoms in total. The van der Waals surface area contributed by atoms with Crippen LogP contribution in [0.5, 0.6) is 5.75 Å². The van der Waals surface area contributed by atoms with Gasteiger partial charge in [0.2, 0.25) is 0 Å². The summed E-state index contributed by atoms with van der Waals surface area (Å²) >= 11 is 0. The van der Waals surface area contributed by atoms with Gasteiger partial charge in [-0.05, 0) is 44.4 Å². The van der Waals surface area contributed by atoms with Crippen LogP contribution in [-0.4, -0.2) is 24.9 Å². The minimum absolute atomic E-state index is 0.172. The first-order valence-electron chi connectivity index (χ1n) is 10.5. The lowest BCUT2D eigenvalue weighted by atomic mass is 10.1. The van der Waals surface area contributed by atoms with E-state index in [0.717, 1.165) is 46.4 Å². The number of carbonyl (C=O) groups excluding carboxylic acids is 1. The molecule has 0 aliphatic rings. The van der Waals surface area contributed by atoms with Crippen LogP contribution in [0, 0.1) is 6.92 Å². The van der Waals surface area contributed by atoms with Crippen molar-refractivity contribution in [3.8, 4) is 5.75 Å². The molecule has 31 heavy (non-hydrogen) atoms. The molecule has 5 rings (SSSR count). The molecule has 0 aliphatic heterocycles. The van der Waals surface area contributed by atoms with Crippen LogP contribution in [0.4, 0.5) is 0 Å². The van der Waals surface area contributed by atoms with E-state index in [9.17, 15) is 4.79 Å². The first kappa shape index (κ1) is 19.3. The van der Waals surface area contributed by atoms with Gasteiger partial charge in [0, 0.05) is 19.2 Å². The number of rotatable bonds is 5. The van der Waals surface area contributed by atoms with Gasteiger partial charge < -0.3 is 9.30 Å². The SMILES string of the molecule is CC(=O)Oc1cn(C(C)CCc2ccccc2)c2nc(C)n3c4ccccc4nc3c12. The molecule has 0 spiro atoms. The standard InChI is InChI=1S/C25H24N4O2/c1-16(13-14-19-9-5-4-6-10-19)28-15-22(31-18(3)30)23-24(28)26-17(2)29-21-12-8-7-11-20(21)27-25(23)29/h4-12,15-16H,13-14H2,1-3H3. The molecular weight excluding hydrogens is 388 g/mol. The van der Waals surface area contributed by atoms with E-state index >= 15 is 0 Å². The highest BCUT2D eigenvalue weighted by molar-refractivity contribution is 6.00. The van der Waals surface area contributed by atoms with Gasteiger partial charge in [0.15, 0.2) is 11.4 Å². The van der Waals surface area contributed by atoms with E-state index in [4.69, 9.17) is 14.7 Å². The molecule has 5 aromatic rings. The minimum atomic E-state index is -0.356. The lowest BCUT2D eigenvalue weighted by molar-refractivity contribution is -0.131. The summed E-state index contributed by atoms with van der Waals surface area (Å²) in [6.07, 6.45) is 3.79. The second-order valence-corrected chi connectivity index (χ2v) is 7.98. The molecule has 0 amide bonds. The number of fused-ring (bicyclic) bond motifs is 5. The van der Waals surface area contributed by atoms with Crippen LogP contribution in [-0.2, 0) is 11.2 Å². The van der Waals surface area contributed by atoms with Gasteiger partial charge in [-0.3, -0.25) is 9.20 Å². The Morgan fingerprint density at radius 1 is 1.03 bits per heavy atom. The lowest BCUT2D eigenvalue weighted by Gasteiger charge is -2.15. The van der Waals surface area contributed by atoms with Crippen molar-refractivity contribution in [2.45, 2.75) is 39.7 Å². The summed E-state index contributed by atoms with van der Waals surface area (Å²) in [5.74, 6) is 0.993. The number of aromatic nitrogens is 4. The van der Waals surface area contributed by atoms with Crippen LogP contribution in [0.2, 0.25) is 0 Å². The van der Waals surface area contributed by atoms with E-state index in [1.54, 1.807) is 0 Å². The van der Waals surface area contributed by atoms with Crippen LogP contribution in [0.15, 0.2) is 60.8 Å². The zero-order valence-corrected chi connectivity index (χ0v) is 17.9. The van der Waals surface area contributed by atoms with Gasteiger partial charge in [0.05, 0.1) is 11.0 Å². The number of aryl methyl sites for hydroxylation is 2. The van der Waals surface area contributed by atoms with Crippen LogP contribution in [0.1, 0.15) is 37.7 Å². The molecule has 0 saturated carbocycles. The fraction of sp³-hybridized carbons (Fsp3) is 0.240. The van der Waals surface area contributed by atoms with Gasteiger partial charge >= 0.3 is 5.97 Å². The number of hydrogen-bond acceptors (Lipinski definition) is 4. The van der Waals surface area contributed by atoms with Crippen LogP contribution in [0.3, 0.4) is 0 Å². The molecule has 3 heterocycles. The summed E-state index contributed by atoms with van der Waals surface area (Å²) in [6, 6.07) is 18.6. The van der Waals surface area contributed by atoms with Crippen molar-refractivity contribution in [3.63, 3.8) is 0 Å². The van der Waals surface area contributed by atoms with E-state index < -0.39 is 0 Å². The predicted molar refractivity (Wildman–Crippen MR) is 122 cm³/mol. The van der Waals surface area contributed by atoms with Gasteiger partial charge in [-0.25, -0.2) is 9.97 Å². The Morgan fingerprint density at radius 3 is 2.55 bits per heavy atom. The zero-order chi connectivity index (χ0) is 21.5. The third kappa shape index (κ3) is 3.34. The van der Waals surface area contributed by atoms with E-state index in [1.165, 1.54) is 12.5 Å². The molecule has 0 aliphatic carbocycles. The number of hydrogen-bond donors (Lipinski definition) is 0. The number of esters is 1. The quantitative estimate of drug-likeness (QED) is 0.369. The second-order valence-electron chi connectivity index (χ2n) is 7.98. The maximum atomic E-state index is 11.8. The van der Waals surface area contributed by atoms with E-state index in [0.29, 0.717) is 5.75 Å². The van der Waals surface area contributed by atoms with Gasteiger partial charge in [-0.2, -0.15) is 0 Å². The molecule has 6 heteroatoms. The largest absolute Gasteiger partial charge is 0.424 e. The number of imidazole rings is 1. The smallest absolute Gasteiger partial charge is 0.308 e. The molecule has 0 bridgehead atoms. The number of nitrogens with zero attached hydrogens (tertiary/aromatic N) is 4. The third-order valence-corrected chi connectivity index (χ3v) is 5.77. The Balaban J connectivity index is 1.67. The highest BCUT2D eigenvalue weighted by Crippen LogP contribution is 2.35. The van der Waals surface area contributed by atoms with Crippen LogP contribution >= 0.6 is 0 Å². The first-order valence-corrected chi connectivity index (χ1v) is 10.5. The first-order chi connectivity index (χ1) is 15.0. The molecule has 0 N–H and O–H groups in total. The van der Waals surface area contributed by atoms with Crippen molar-refractivity contribution in [2.24, 2.45) is 0 Å². The number of ether oxygens (including phenoxy) is 1.